The highest BCUT2D eigenvalue weighted by molar-refractivity contribution is 7.15. The van der Waals surface area contributed by atoms with Gasteiger partial charge in [0.2, 0.25) is 11.8 Å². The summed E-state index contributed by atoms with van der Waals surface area (Å²) in [5, 5.41) is 6.33. The normalized spacial score (nSPS) is 17.6. The zero-order valence-corrected chi connectivity index (χ0v) is 15.6. The average molecular weight is 374 g/mol. The van der Waals surface area contributed by atoms with Gasteiger partial charge in [0.1, 0.15) is 10.8 Å². The number of nitrogens with zero attached hydrogens (tertiary/aromatic N) is 2. The van der Waals surface area contributed by atoms with Crippen LogP contribution in [-0.4, -0.2) is 55.0 Å². The molecule has 1 atom stereocenters. The molecule has 1 saturated heterocycles. The van der Waals surface area contributed by atoms with Gasteiger partial charge in [-0.2, -0.15) is 0 Å². The van der Waals surface area contributed by atoms with E-state index in [1.165, 1.54) is 0 Å². The number of amides is 2. The summed E-state index contributed by atoms with van der Waals surface area (Å²) in [5.41, 5.74) is 0.999. The van der Waals surface area contributed by atoms with Gasteiger partial charge in [0.15, 0.2) is 0 Å². The summed E-state index contributed by atoms with van der Waals surface area (Å²) in [7, 11) is 3.22. The fourth-order valence-electron chi connectivity index (χ4n) is 2.92. The van der Waals surface area contributed by atoms with Gasteiger partial charge in [0.05, 0.1) is 19.6 Å². The summed E-state index contributed by atoms with van der Waals surface area (Å²) in [5.74, 6) is 0.549. The van der Waals surface area contributed by atoms with Crippen molar-refractivity contribution in [3.63, 3.8) is 0 Å². The fourth-order valence-corrected chi connectivity index (χ4v) is 3.86. The zero-order chi connectivity index (χ0) is 18.5. The molecule has 1 fully saturated rings. The first-order chi connectivity index (χ1) is 12.6. The van der Waals surface area contributed by atoms with E-state index in [0.717, 1.165) is 21.2 Å². The largest absolute Gasteiger partial charge is 0.497 e. The standard InChI is InChI=1S/C18H22N4O3S/c1-19-16(23)9-15-17(24)20-6-7-22(15)11-14-10-21-18(26-14)12-4-3-5-13(8-12)25-2/h3-5,8,10,15H,6-7,9,11H2,1-2H3,(H,19,23)(H,20,24). The van der Waals surface area contributed by atoms with Crippen LogP contribution in [0.5, 0.6) is 5.75 Å². The van der Waals surface area contributed by atoms with E-state index in [0.29, 0.717) is 19.6 Å². The van der Waals surface area contributed by atoms with E-state index in [1.807, 2.05) is 35.4 Å². The number of hydrogen-bond acceptors (Lipinski definition) is 6. The van der Waals surface area contributed by atoms with Gasteiger partial charge in [-0.3, -0.25) is 14.5 Å². The van der Waals surface area contributed by atoms with Crippen molar-refractivity contribution in [2.45, 2.75) is 19.0 Å². The molecule has 0 spiro atoms. The Labute approximate surface area is 156 Å². The second-order valence-corrected chi connectivity index (χ2v) is 7.13. The number of rotatable bonds is 6. The van der Waals surface area contributed by atoms with Crippen LogP contribution >= 0.6 is 11.3 Å². The Morgan fingerprint density at radius 2 is 2.35 bits per heavy atom. The van der Waals surface area contributed by atoms with Crippen molar-refractivity contribution in [3.05, 3.63) is 35.3 Å². The minimum absolute atomic E-state index is 0.0996. The van der Waals surface area contributed by atoms with Crippen LogP contribution in [0.2, 0.25) is 0 Å². The fraction of sp³-hybridized carbons (Fsp3) is 0.389. The molecular weight excluding hydrogens is 352 g/mol. The van der Waals surface area contributed by atoms with Crippen molar-refractivity contribution in [1.29, 1.82) is 0 Å². The highest BCUT2D eigenvalue weighted by Crippen LogP contribution is 2.29. The Balaban J connectivity index is 1.74. The Morgan fingerprint density at radius 3 is 3.12 bits per heavy atom. The maximum absolute atomic E-state index is 12.2. The van der Waals surface area contributed by atoms with E-state index >= 15 is 0 Å². The predicted octanol–water partition coefficient (Wildman–Crippen LogP) is 1.26. The Hall–Kier alpha value is -2.45. The Kier molecular flexibility index (Phi) is 5.85. The number of benzene rings is 1. The molecular formula is C18H22N4O3S. The number of methoxy groups -OCH3 is 1. The SMILES string of the molecule is CNC(=O)CC1C(=O)NCCN1Cc1cnc(-c2cccc(OC)c2)s1. The van der Waals surface area contributed by atoms with Crippen molar-refractivity contribution < 1.29 is 14.3 Å². The van der Waals surface area contributed by atoms with Gasteiger partial charge in [-0.25, -0.2) is 4.98 Å². The summed E-state index contributed by atoms with van der Waals surface area (Å²) in [6.07, 6.45) is 1.99. The van der Waals surface area contributed by atoms with E-state index in [4.69, 9.17) is 4.74 Å². The molecule has 0 aliphatic carbocycles. The number of nitrogens with one attached hydrogen (secondary N) is 2. The van der Waals surface area contributed by atoms with E-state index in [1.54, 1.807) is 25.5 Å². The summed E-state index contributed by atoms with van der Waals surface area (Å²) in [6, 6.07) is 7.32. The first kappa shape index (κ1) is 18.3. The number of piperazine rings is 1. The van der Waals surface area contributed by atoms with Crippen LogP contribution < -0.4 is 15.4 Å². The number of carbonyl (C=O) groups excluding carboxylic acids is 2. The molecule has 1 aromatic carbocycles. The van der Waals surface area contributed by atoms with Gasteiger partial charge < -0.3 is 15.4 Å². The molecule has 3 rings (SSSR count). The molecule has 0 radical (unpaired) electrons. The van der Waals surface area contributed by atoms with Gasteiger partial charge in [-0.15, -0.1) is 11.3 Å². The third kappa shape index (κ3) is 4.20. The van der Waals surface area contributed by atoms with Crippen LogP contribution in [0.1, 0.15) is 11.3 Å². The molecule has 26 heavy (non-hydrogen) atoms. The first-order valence-electron chi connectivity index (χ1n) is 8.42. The number of ether oxygens (including phenoxy) is 1. The van der Waals surface area contributed by atoms with Crippen LogP contribution in [-0.2, 0) is 16.1 Å². The van der Waals surface area contributed by atoms with Crippen molar-refractivity contribution in [1.82, 2.24) is 20.5 Å². The maximum atomic E-state index is 12.2. The molecule has 0 saturated carbocycles. The lowest BCUT2D eigenvalue weighted by Gasteiger charge is -2.34. The van der Waals surface area contributed by atoms with E-state index in [-0.39, 0.29) is 18.2 Å². The Bertz CT molecular complexity index is 792. The van der Waals surface area contributed by atoms with Crippen LogP contribution in [0.25, 0.3) is 10.6 Å². The molecule has 0 bridgehead atoms. The van der Waals surface area contributed by atoms with Crippen molar-refractivity contribution >= 4 is 23.2 Å². The molecule has 2 N–H and O–H groups in total. The zero-order valence-electron chi connectivity index (χ0n) is 14.8. The molecule has 2 aromatic rings. The Morgan fingerprint density at radius 1 is 1.50 bits per heavy atom. The number of carbonyl (C=O) groups is 2. The van der Waals surface area contributed by atoms with Gasteiger partial charge in [-0.05, 0) is 12.1 Å². The highest BCUT2D eigenvalue weighted by Gasteiger charge is 2.31. The minimum atomic E-state index is -0.453. The highest BCUT2D eigenvalue weighted by atomic mass is 32.1. The molecule has 138 valence electrons. The third-order valence-corrected chi connectivity index (χ3v) is 5.36. The van der Waals surface area contributed by atoms with Gasteiger partial charge in [-0.1, -0.05) is 12.1 Å². The first-order valence-corrected chi connectivity index (χ1v) is 9.24. The van der Waals surface area contributed by atoms with Gasteiger partial charge >= 0.3 is 0 Å². The van der Waals surface area contributed by atoms with E-state index in [9.17, 15) is 9.59 Å². The molecule has 8 heteroatoms. The second-order valence-electron chi connectivity index (χ2n) is 6.02. The topological polar surface area (TPSA) is 83.6 Å². The van der Waals surface area contributed by atoms with Crippen molar-refractivity contribution in [3.8, 4) is 16.3 Å². The molecule has 2 amide bonds. The molecule has 1 unspecified atom stereocenters. The van der Waals surface area contributed by atoms with Crippen molar-refractivity contribution in [2.24, 2.45) is 0 Å². The number of thiazole rings is 1. The van der Waals surface area contributed by atoms with Gasteiger partial charge in [0, 0.05) is 43.3 Å². The molecule has 2 heterocycles. The van der Waals surface area contributed by atoms with Crippen LogP contribution in [0.3, 0.4) is 0 Å². The van der Waals surface area contributed by atoms with E-state index < -0.39 is 6.04 Å². The quantitative estimate of drug-likeness (QED) is 0.795. The molecule has 1 aliphatic rings. The van der Waals surface area contributed by atoms with Crippen LogP contribution in [0.15, 0.2) is 30.5 Å². The summed E-state index contributed by atoms with van der Waals surface area (Å²) in [4.78, 5) is 31.5. The predicted molar refractivity (Wildman–Crippen MR) is 100.0 cm³/mol. The summed E-state index contributed by atoms with van der Waals surface area (Å²) in [6.45, 7) is 1.89. The number of hydrogen-bond donors (Lipinski definition) is 2. The lowest BCUT2D eigenvalue weighted by Crippen LogP contribution is -2.55. The second kappa shape index (κ2) is 8.29. The molecule has 1 aliphatic heterocycles. The molecule has 1 aromatic heterocycles. The summed E-state index contributed by atoms with van der Waals surface area (Å²) < 4.78 is 5.26. The van der Waals surface area contributed by atoms with Crippen LogP contribution in [0.4, 0.5) is 0 Å². The smallest absolute Gasteiger partial charge is 0.237 e. The lowest BCUT2D eigenvalue weighted by molar-refractivity contribution is -0.134. The number of aromatic nitrogens is 1. The monoisotopic (exact) mass is 374 g/mol. The average Bonchev–Trinajstić information content (AvgIpc) is 3.13. The minimum Gasteiger partial charge on any atom is -0.497 e. The van der Waals surface area contributed by atoms with E-state index in [2.05, 4.69) is 15.6 Å². The van der Waals surface area contributed by atoms with Crippen LogP contribution in [0, 0.1) is 0 Å². The molecule has 7 nitrogen and oxygen atoms in total. The van der Waals surface area contributed by atoms with Crippen molar-refractivity contribution in [2.75, 3.05) is 27.2 Å². The third-order valence-electron chi connectivity index (χ3n) is 4.33. The lowest BCUT2D eigenvalue weighted by atomic mass is 10.1. The van der Waals surface area contributed by atoms with Gasteiger partial charge in [0.25, 0.3) is 0 Å². The maximum Gasteiger partial charge on any atom is 0.237 e. The summed E-state index contributed by atoms with van der Waals surface area (Å²) >= 11 is 1.59.